The molecule has 0 aromatic rings. The molecule has 0 aliphatic heterocycles. The van der Waals surface area contributed by atoms with E-state index in [1.54, 1.807) is 6.08 Å². The lowest BCUT2D eigenvalue weighted by atomic mass is 10.0. The minimum absolute atomic E-state index is 0.00284. The summed E-state index contributed by atoms with van der Waals surface area (Å²) in [6.45, 7) is 4.87. The second kappa shape index (κ2) is 75.3. The molecule has 0 aliphatic rings. The molecule has 506 valence electrons. The molecular weight excluding hydrogens is 1050 g/mol. The molecule has 3 N–H and O–H groups in total. The van der Waals surface area contributed by atoms with Crippen molar-refractivity contribution >= 4 is 11.9 Å². The van der Waals surface area contributed by atoms with Gasteiger partial charge in [0, 0.05) is 12.8 Å². The molecule has 6 nitrogen and oxygen atoms in total. The highest BCUT2D eigenvalue weighted by atomic mass is 16.5. The Morgan fingerprint density at radius 2 is 0.605 bits per heavy atom. The molecule has 0 saturated heterocycles. The lowest BCUT2D eigenvalue weighted by Gasteiger charge is -2.20. The number of ether oxygens (including phenoxy) is 1. The average Bonchev–Trinajstić information content (AvgIpc) is 3.54. The highest BCUT2D eigenvalue weighted by molar-refractivity contribution is 5.76. The van der Waals surface area contributed by atoms with E-state index in [2.05, 4.69) is 55.6 Å². The van der Waals surface area contributed by atoms with Crippen LogP contribution in [-0.2, 0) is 14.3 Å². The Bertz CT molecular complexity index is 1440. The summed E-state index contributed by atoms with van der Waals surface area (Å²) in [5.41, 5.74) is 0. The molecule has 0 aliphatic carbocycles. The third kappa shape index (κ3) is 70.9. The van der Waals surface area contributed by atoms with Crippen LogP contribution in [-0.4, -0.2) is 47.4 Å². The van der Waals surface area contributed by atoms with E-state index < -0.39 is 12.1 Å². The molecule has 0 radical (unpaired) electrons. The van der Waals surface area contributed by atoms with Crippen molar-refractivity contribution in [3.05, 3.63) is 48.6 Å². The van der Waals surface area contributed by atoms with E-state index in [4.69, 9.17) is 4.74 Å². The van der Waals surface area contributed by atoms with E-state index >= 15 is 0 Å². The highest BCUT2D eigenvalue weighted by Gasteiger charge is 2.18. The first-order valence-electron chi connectivity index (χ1n) is 38.9. The fraction of sp³-hybridized carbons (Fsp3) is 0.875. The number of allylic oxidation sites excluding steroid dienone is 7. The van der Waals surface area contributed by atoms with Gasteiger partial charge in [0.15, 0.2) is 0 Å². The number of nitrogens with one attached hydrogen (secondary N) is 1. The maximum atomic E-state index is 12.6. The predicted octanol–water partition coefficient (Wildman–Crippen LogP) is 25.6. The third-order valence-corrected chi connectivity index (χ3v) is 18.0. The van der Waals surface area contributed by atoms with Gasteiger partial charge in [-0.2, -0.15) is 0 Å². The molecule has 0 aromatic heterocycles. The minimum Gasteiger partial charge on any atom is -0.466 e. The Labute approximate surface area is 537 Å². The largest absolute Gasteiger partial charge is 0.466 e. The van der Waals surface area contributed by atoms with Crippen LogP contribution in [0.5, 0.6) is 0 Å². The molecule has 6 heteroatoms. The summed E-state index contributed by atoms with van der Waals surface area (Å²) in [6.07, 6.45) is 99.4. The van der Waals surface area contributed by atoms with Crippen molar-refractivity contribution in [1.82, 2.24) is 5.32 Å². The van der Waals surface area contributed by atoms with Gasteiger partial charge in [0.1, 0.15) is 0 Å². The van der Waals surface area contributed by atoms with Gasteiger partial charge >= 0.3 is 5.97 Å². The van der Waals surface area contributed by atoms with Crippen LogP contribution < -0.4 is 5.32 Å². The maximum Gasteiger partial charge on any atom is 0.305 e. The minimum atomic E-state index is -0.845. The van der Waals surface area contributed by atoms with Gasteiger partial charge in [-0.1, -0.05) is 377 Å². The average molecular weight is 1210 g/mol. The van der Waals surface area contributed by atoms with Gasteiger partial charge in [0.2, 0.25) is 5.91 Å². The van der Waals surface area contributed by atoms with Crippen LogP contribution in [0.15, 0.2) is 48.6 Å². The Kier molecular flexibility index (Phi) is 73.4. The fourth-order valence-corrected chi connectivity index (χ4v) is 12.1. The van der Waals surface area contributed by atoms with Gasteiger partial charge < -0.3 is 20.3 Å². The second-order valence-corrected chi connectivity index (χ2v) is 26.7. The smallest absolute Gasteiger partial charge is 0.305 e. The molecule has 0 rings (SSSR count). The lowest BCUT2D eigenvalue weighted by Crippen LogP contribution is -2.45. The molecule has 2 atom stereocenters. The van der Waals surface area contributed by atoms with E-state index in [1.807, 2.05) is 6.08 Å². The summed E-state index contributed by atoms with van der Waals surface area (Å²) in [4.78, 5) is 24.6. The molecule has 0 bridgehead atoms. The molecule has 0 heterocycles. The van der Waals surface area contributed by atoms with Crippen molar-refractivity contribution in [3.8, 4) is 0 Å². The van der Waals surface area contributed by atoms with E-state index in [1.165, 1.54) is 347 Å². The number of rotatable bonds is 73. The molecular formula is C80H151NO5. The van der Waals surface area contributed by atoms with Crippen LogP contribution in [0.25, 0.3) is 0 Å². The number of amides is 1. The van der Waals surface area contributed by atoms with E-state index in [0.717, 1.165) is 51.4 Å². The topological polar surface area (TPSA) is 95.9 Å². The summed E-state index contributed by atoms with van der Waals surface area (Å²) in [5.74, 6) is -0.0581. The lowest BCUT2D eigenvalue weighted by molar-refractivity contribution is -0.143. The zero-order valence-electron chi connectivity index (χ0n) is 58.1. The Hall–Kier alpha value is -2.18. The summed E-state index contributed by atoms with van der Waals surface area (Å²) in [5, 5.41) is 23.3. The zero-order chi connectivity index (χ0) is 62.0. The van der Waals surface area contributed by atoms with Crippen molar-refractivity contribution in [2.45, 2.75) is 437 Å². The number of aliphatic hydroxyl groups excluding tert-OH is 2. The van der Waals surface area contributed by atoms with Crippen LogP contribution >= 0.6 is 0 Å². The van der Waals surface area contributed by atoms with Gasteiger partial charge in [0.05, 0.1) is 25.4 Å². The van der Waals surface area contributed by atoms with E-state index in [9.17, 15) is 19.8 Å². The normalized spacial score (nSPS) is 12.7. The molecule has 2 unspecified atom stereocenters. The van der Waals surface area contributed by atoms with Crippen LogP contribution in [0.2, 0.25) is 0 Å². The van der Waals surface area contributed by atoms with Crippen LogP contribution in [0, 0.1) is 0 Å². The number of unbranched alkanes of at least 4 members (excludes halogenated alkanes) is 56. The number of carbonyl (C=O) groups excluding carboxylic acids is 2. The number of carbonyl (C=O) groups is 2. The SMILES string of the molecule is CCC/C=C\C/C=C\CCCCCCCC(=O)OCCCCCCCCCCCCCC/C=C\CCCCCCCCCCCCCCCCCCC(=O)NC(CO)C(O)/C=C/CCCCCCCCCCCCCCCCCCCCCCCC. The molecule has 0 saturated carbocycles. The first-order valence-corrected chi connectivity index (χ1v) is 38.9. The summed E-state index contributed by atoms with van der Waals surface area (Å²) < 4.78 is 5.48. The van der Waals surface area contributed by atoms with Crippen molar-refractivity contribution in [2.24, 2.45) is 0 Å². The van der Waals surface area contributed by atoms with Gasteiger partial charge in [-0.3, -0.25) is 9.59 Å². The maximum absolute atomic E-state index is 12.6. The van der Waals surface area contributed by atoms with E-state index in [0.29, 0.717) is 19.4 Å². The zero-order valence-corrected chi connectivity index (χ0v) is 58.1. The van der Waals surface area contributed by atoms with Gasteiger partial charge in [-0.25, -0.2) is 0 Å². The summed E-state index contributed by atoms with van der Waals surface area (Å²) in [7, 11) is 0. The fourth-order valence-electron chi connectivity index (χ4n) is 12.1. The molecule has 86 heavy (non-hydrogen) atoms. The first-order chi connectivity index (χ1) is 42.5. The highest BCUT2D eigenvalue weighted by Crippen LogP contribution is 2.19. The monoisotopic (exact) mass is 1210 g/mol. The van der Waals surface area contributed by atoms with Crippen LogP contribution in [0.4, 0.5) is 0 Å². The Morgan fingerprint density at radius 1 is 0.326 bits per heavy atom. The summed E-state index contributed by atoms with van der Waals surface area (Å²) in [6, 6.07) is -0.628. The summed E-state index contributed by atoms with van der Waals surface area (Å²) >= 11 is 0. The molecule has 0 aromatic carbocycles. The second-order valence-electron chi connectivity index (χ2n) is 26.7. The number of hydrogen-bond donors (Lipinski definition) is 3. The molecule has 0 spiro atoms. The van der Waals surface area contributed by atoms with Crippen molar-refractivity contribution in [1.29, 1.82) is 0 Å². The Balaban J connectivity index is 3.39. The first kappa shape index (κ1) is 83.8. The Morgan fingerprint density at radius 3 is 0.942 bits per heavy atom. The number of hydrogen-bond acceptors (Lipinski definition) is 5. The van der Waals surface area contributed by atoms with Gasteiger partial charge in [-0.05, 0) is 83.5 Å². The quantitative estimate of drug-likeness (QED) is 0.0320. The standard InChI is InChI=1S/C80H151NO5/c1-3-5-7-9-11-13-15-17-18-19-20-21-22-33-36-39-42-45-49-52-56-60-64-68-72-78(83)77(76-82)81-79(84)73-69-65-61-57-53-50-46-43-40-37-34-31-29-27-25-23-24-26-28-30-32-35-38-41-44-47-51-55-59-63-67-71-75-86-80(85)74-70-66-62-58-54-48-16-14-12-10-8-6-4-2/h8,10,14,16,26,28,68,72,77-78,82-83H,3-7,9,11-13,15,17-25,27,29-67,69-71,73-76H2,1-2H3,(H,81,84)/b10-8-,16-14-,28-26-,72-68+. The third-order valence-electron chi connectivity index (χ3n) is 18.0. The molecule has 0 fully saturated rings. The van der Waals surface area contributed by atoms with Crippen LogP contribution in [0.1, 0.15) is 425 Å². The molecule has 1 amide bonds. The van der Waals surface area contributed by atoms with Crippen LogP contribution in [0.3, 0.4) is 0 Å². The number of esters is 1. The van der Waals surface area contributed by atoms with Gasteiger partial charge in [0.25, 0.3) is 0 Å². The van der Waals surface area contributed by atoms with Crippen molar-refractivity contribution in [3.63, 3.8) is 0 Å². The predicted molar refractivity (Wildman–Crippen MR) is 379 cm³/mol. The van der Waals surface area contributed by atoms with Crippen molar-refractivity contribution in [2.75, 3.05) is 13.2 Å². The van der Waals surface area contributed by atoms with Crippen molar-refractivity contribution < 1.29 is 24.5 Å². The number of aliphatic hydroxyl groups is 2. The van der Waals surface area contributed by atoms with E-state index in [-0.39, 0.29) is 18.5 Å². The van der Waals surface area contributed by atoms with Gasteiger partial charge in [-0.15, -0.1) is 0 Å².